The van der Waals surface area contributed by atoms with Crippen LogP contribution in [0.2, 0.25) is 0 Å². The van der Waals surface area contributed by atoms with Gasteiger partial charge >= 0.3 is 0 Å². The lowest BCUT2D eigenvalue weighted by Crippen LogP contribution is -2.63. The molecule has 0 aromatic rings. The number of aliphatic hydroxyl groups excluding tert-OH is 1. The average Bonchev–Trinajstić information content (AvgIpc) is 3.03. The molecule has 9 atom stereocenters. The highest BCUT2D eigenvalue weighted by molar-refractivity contribution is 5.88. The van der Waals surface area contributed by atoms with Gasteiger partial charge in [0.05, 0.1) is 0 Å². The van der Waals surface area contributed by atoms with Crippen LogP contribution < -0.4 is 0 Å². The number of carbonyl (C=O) groups is 1. The Morgan fingerprint density at radius 2 is 1.76 bits per heavy atom. The third-order valence-corrected chi connectivity index (χ3v) is 10.6. The van der Waals surface area contributed by atoms with Gasteiger partial charge in [-0.2, -0.15) is 0 Å². The maximum absolute atomic E-state index is 13.8. The molecule has 2 nitrogen and oxygen atoms in total. The Bertz CT molecular complexity index is 612. The molecule has 0 aromatic carbocycles. The van der Waals surface area contributed by atoms with E-state index in [1.165, 1.54) is 70.6 Å². The van der Waals surface area contributed by atoms with Crippen LogP contribution in [-0.2, 0) is 4.79 Å². The van der Waals surface area contributed by atoms with Crippen molar-refractivity contribution in [3.05, 3.63) is 0 Å². The largest absolute Gasteiger partial charge is 0.385 e. The summed E-state index contributed by atoms with van der Waals surface area (Å²) < 4.78 is 0. The highest BCUT2D eigenvalue weighted by Gasteiger charge is 2.66. The predicted molar refractivity (Wildman–Crippen MR) is 119 cm³/mol. The lowest BCUT2D eigenvalue weighted by Gasteiger charge is -2.61. The molecule has 0 aromatic heterocycles. The quantitative estimate of drug-likeness (QED) is 0.559. The smallest absolute Gasteiger partial charge is 0.165 e. The Morgan fingerprint density at radius 3 is 2.48 bits per heavy atom. The minimum atomic E-state index is -0.730. The van der Waals surface area contributed by atoms with Crippen molar-refractivity contribution < 1.29 is 9.90 Å². The second-order valence-electron chi connectivity index (χ2n) is 12.4. The van der Waals surface area contributed by atoms with Crippen molar-refractivity contribution in [1.29, 1.82) is 0 Å². The number of fused-ring (bicyclic) bond motifs is 5. The summed E-state index contributed by atoms with van der Waals surface area (Å²) in [5.41, 5.74) is -0.0328. The summed E-state index contributed by atoms with van der Waals surface area (Å²) in [6.07, 6.45) is 13.2. The van der Waals surface area contributed by atoms with Crippen LogP contribution in [0, 0.1) is 52.3 Å². The van der Waals surface area contributed by atoms with Gasteiger partial charge in [0.15, 0.2) is 5.78 Å². The van der Waals surface area contributed by atoms with Gasteiger partial charge in [-0.1, -0.05) is 66.7 Å². The van der Waals surface area contributed by atoms with Crippen LogP contribution >= 0.6 is 0 Å². The standard InChI is InChI=1S/C27H46O2/c1-17(2)9-8-10-18(3)21-14-15-22-20-13-12-19-11-6-7-16-26(19,4)23(20)24(28)25(29)27(21,22)5/h17-23,25,29H,6-16H2,1-5H3/t18-,19?,20+,21-,22+,23-,25?,26+,27-/m1/s1. The van der Waals surface area contributed by atoms with E-state index in [-0.39, 0.29) is 22.5 Å². The molecule has 4 fully saturated rings. The molecule has 4 aliphatic rings. The van der Waals surface area contributed by atoms with E-state index in [0.29, 0.717) is 29.6 Å². The fourth-order valence-electron chi connectivity index (χ4n) is 9.09. The van der Waals surface area contributed by atoms with E-state index in [1.807, 2.05) is 0 Å². The highest BCUT2D eigenvalue weighted by Crippen LogP contribution is 2.67. The van der Waals surface area contributed by atoms with E-state index in [2.05, 4.69) is 34.6 Å². The maximum Gasteiger partial charge on any atom is 0.165 e. The van der Waals surface area contributed by atoms with Gasteiger partial charge < -0.3 is 5.11 Å². The molecule has 2 heteroatoms. The van der Waals surface area contributed by atoms with Crippen molar-refractivity contribution in [3.63, 3.8) is 0 Å². The number of ketones is 1. The van der Waals surface area contributed by atoms with Crippen molar-refractivity contribution in [2.24, 2.45) is 52.3 Å². The summed E-state index contributed by atoms with van der Waals surface area (Å²) in [5, 5.41) is 11.5. The number of hydrogen-bond donors (Lipinski definition) is 1. The number of rotatable bonds is 5. The van der Waals surface area contributed by atoms with Crippen LogP contribution in [0.1, 0.15) is 105 Å². The summed E-state index contributed by atoms with van der Waals surface area (Å²) in [5.74, 6) is 4.06. The molecule has 4 saturated carbocycles. The molecule has 29 heavy (non-hydrogen) atoms. The first-order valence-corrected chi connectivity index (χ1v) is 12.9. The SMILES string of the molecule is CC(C)CCC[C@@H](C)[C@H]1CC[C@H]2[C@@H]3CCC4CCCC[C@]4(C)[C@H]3C(=O)C(O)[C@]12C. The summed E-state index contributed by atoms with van der Waals surface area (Å²) in [7, 11) is 0. The van der Waals surface area contributed by atoms with Gasteiger partial charge in [0.1, 0.15) is 6.10 Å². The van der Waals surface area contributed by atoms with E-state index in [9.17, 15) is 9.90 Å². The van der Waals surface area contributed by atoms with Crippen LogP contribution in [-0.4, -0.2) is 17.0 Å². The van der Waals surface area contributed by atoms with Crippen molar-refractivity contribution in [3.8, 4) is 0 Å². The Labute approximate surface area is 179 Å². The molecule has 4 rings (SSSR count). The first-order valence-electron chi connectivity index (χ1n) is 12.9. The van der Waals surface area contributed by atoms with Crippen LogP contribution in [0.25, 0.3) is 0 Å². The molecule has 0 radical (unpaired) electrons. The molecular weight excluding hydrogens is 356 g/mol. The fraction of sp³-hybridized carbons (Fsp3) is 0.963. The van der Waals surface area contributed by atoms with Gasteiger partial charge in [0.25, 0.3) is 0 Å². The van der Waals surface area contributed by atoms with Crippen LogP contribution in [0.15, 0.2) is 0 Å². The van der Waals surface area contributed by atoms with Gasteiger partial charge in [-0.25, -0.2) is 0 Å². The minimum Gasteiger partial charge on any atom is -0.385 e. The first-order chi connectivity index (χ1) is 13.7. The van der Waals surface area contributed by atoms with Gasteiger partial charge in [-0.3, -0.25) is 4.79 Å². The molecule has 166 valence electrons. The minimum absolute atomic E-state index is 0.129. The second-order valence-corrected chi connectivity index (χ2v) is 12.4. The van der Waals surface area contributed by atoms with Crippen molar-refractivity contribution in [1.82, 2.24) is 0 Å². The molecule has 0 heterocycles. The van der Waals surface area contributed by atoms with E-state index in [0.717, 1.165) is 5.92 Å². The monoisotopic (exact) mass is 402 g/mol. The zero-order valence-electron chi connectivity index (χ0n) is 19.8. The maximum atomic E-state index is 13.8. The molecule has 4 aliphatic carbocycles. The third-order valence-electron chi connectivity index (χ3n) is 10.6. The Balaban J connectivity index is 1.58. The lowest BCUT2D eigenvalue weighted by molar-refractivity contribution is -0.183. The first kappa shape index (κ1) is 21.8. The number of hydrogen-bond acceptors (Lipinski definition) is 2. The Kier molecular flexibility index (Phi) is 5.99. The highest BCUT2D eigenvalue weighted by atomic mass is 16.3. The Hall–Kier alpha value is -0.370. The molecule has 0 amide bonds. The van der Waals surface area contributed by atoms with Gasteiger partial charge in [-0.15, -0.1) is 0 Å². The van der Waals surface area contributed by atoms with E-state index in [4.69, 9.17) is 0 Å². The van der Waals surface area contributed by atoms with E-state index in [1.54, 1.807) is 0 Å². The van der Waals surface area contributed by atoms with Crippen LogP contribution in [0.5, 0.6) is 0 Å². The average molecular weight is 403 g/mol. The molecule has 1 N–H and O–H groups in total. The molecule has 0 bridgehead atoms. The summed E-state index contributed by atoms with van der Waals surface area (Å²) in [6, 6.07) is 0. The van der Waals surface area contributed by atoms with E-state index >= 15 is 0 Å². The molecule has 0 aliphatic heterocycles. The number of aliphatic hydroxyl groups is 1. The van der Waals surface area contributed by atoms with Gasteiger partial charge in [-0.05, 0) is 79.4 Å². The third kappa shape index (κ3) is 3.35. The summed E-state index contributed by atoms with van der Waals surface area (Å²) >= 11 is 0. The number of carbonyl (C=O) groups excluding carboxylic acids is 1. The predicted octanol–water partition coefficient (Wildman–Crippen LogP) is 6.65. The van der Waals surface area contributed by atoms with Crippen molar-refractivity contribution >= 4 is 5.78 Å². The van der Waals surface area contributed by atoms with Gasteiger partial charge in [0, 0.05) is 11.3 Å². The van der Waals surface area contributed by atoms with Crippen molar-refractivity contribution in [2.45, 2.75) is 111 Å². The van der Waals surface area contributed by atoms with Crippen molar-refractivity contribution in [2.75, 3.05) is 0 Å². The number of Topliss-reactive ketones (excluding diaryl/α,β-unsaturated/α-hetero) is 1. The fourth-order valence-corrected chi connectivity index (χ4v) is 9.09. The normalized spacial score (nSPS) is 48.2. The van der Waals surface area contributed by atoms with Crippen LogP contribution in [0.3, 0.4) is 0 Å². The summed E-state index contributed by atoms with van der Waals surface area (Å²) in [4.78, 5) is 13.8. The second kappa shape index (κ2) is 7.95. The topological polar surface area (TPSA) is 37.3 Å². The molecule has 0 spiro atoms. The lowest BCUT2D eigenvalue weighted by atomic mass is 9.43. The van der Waals surface area contributed by atoms with E-state index < -0.39 is 6.10 Å². The summed E-state index contributed by atoms with van der Waals surface area (Å²) in [6.45, 7) is 11.7. The zero-order chi connectivity index (χ0) is 21.0. The van der Waals surface area contributed by atoms with Crippen LogP contribution in [0.4, 0.5) is 0 Å². The molecule has 0 saturated heterocycles. The zero-order valence-corrected chi connectivity index (χ0v) is 19.8. The molecular formula is C27H46O2. The molecule has 2 unspecified atom stereocenters. The Morgan fingerprint density at radius 1 is 1.00 bits per heavy atom. The van der Waals surface area contributed by atoms with Gasteiger partial charge in [0.2, 0.25) is 0 Å².